The van der Waals surface area contributed by atoms with Crippen LogP contribution in [0.5, 0.6) is 0 Å². The van der Waals surface area contributed by atoms with Crippen LogP contribution in [0.1, 0.15) is 43.4 Å². The summed E-state index contributed by atoms with van der Waals surface area (Å²) in [5, 5.41) is 18.6. The average molecular weight is 628 g/mol. The van der Waals surface area contributed by atoms with Crippen LogP contribution in [0, 0.1) is 11.8 Å². The van der Waals surface area contributed by atoms with Crippen LogP contribution in [-0.4, -0.2) is 66.7 Å². The number of nitrogens with two attached hydrogens (primary N) is 1. The molecule has 0 saturated heterocycles. The molecule has 10 heteroatoms. The number of amides is 3. The fourth-order valence-corrected chi connectivity index (χ4v) is 5.39. The third kappa shape index (κ3) is 13.2. The quantitative estimate of drug-likeness (QED) is 0.112. The van der Waals surface area contributed by atoms with E-state index in [1.165, 1.54) is 0 Å². The van der Waals surface area contributed by atoms with Gasteiger partial charge in [-0.25, -0.2) is 5.06 Å². The van der Waals surface area contributed by atoms with Crippen LogP contribution < -0.4 is 16.4 Å². The predicted molar refractivity (Wildman–Crippen MR) is 181 cm³/mol. The van der Waals surface area contributed by atoms with E-state index < -0.39 is 35.9 Å². The lowest BCUT2D eigenvalue weighted by molar-refractivity contribution is -0.134. The summed E-state index contributed by atoms with van der Waals surface area (Å²) in [6.45, 7) is 6.45. The molecule has 0 aliphatic carbocycles. The molecule has 9 nitrogen and oxygen atoms in total. The molecule has 4 atom stereocenters. The molecule has 5 N–H and O–H groups in total. The first-order chi connectivity index (χ1) is 22.1. The minimum Gasteiger partial charge on any atom is -0.392 e. The van der Waals surface area contributed by atoms with Gasteiger partial charge in [0, 0.05) is 25.4 Å². The largest absolute Gasteiger partial charge is 0.392 e. The average Bonchev–Trinajstić information content (AvgIpc) is 3.04. The Morgan fingerprint density at radius 2 is 1.30 bits per heavy atom. The SMILES string of the molecule is C[B]ON(CCc1ccccc1)C[C@H](O)C[C@@H](Cc1ccccc1)C(=O)N[C@@H](CC(C)C)C(=O)N[C@@H](Cc1ccccc1)C(N)=O. The fraction of sp³-hybridized carbons (Fsp3) is 0.417. The number of nitrogens with zero attached hydrogens (tertiary/aromatic N) is 1. The third-order valence-electron chi connectivity index (χ3n) is 7.70. The second-order valence-electron chi connectivity index (χ2n) is 12.1. The molecule has 0 fully saturated rings. The van der Waals surface area contributed by atoms with Crippen LogP contribution in [-0.2, 0) is 38.4 Å². The Balaban J connectivity index is 1.72. The molecule has 0 heterocycles. The van der Waals surface area contributed by atoms with Gasteiger partial charge in [0.05, 0.1) is 6.10 Å². The normalized spacial score (nSPS) is 13.9. The fourth-order valence-electron chi connectivity index (χ4n) is 5.39. The second kappa shape index (κ2) is 19.5. The standard InChI is InChI=1S/C36H48BN4O5/c1-26(2)21-33(36(45)39-32(34(38)43)23-29-17-11-6-12-18-29)40-35(44)30(22-28-15-9-5-10-16-28)24-31(42)25-41(46-37-3)20-19-27-13-7-4-8-14-27/h4-18,26,30-33,42H,19-25H2,1-3H3,(H2,38,43)(H,39,45)(H,40,44)/t30-,31-,32+,33+/m1/s1. The molecule has 46 heavy (non-hydrogen) atoms. The molecule has 0 aliphatic heterocycles. The van der Waals surface area contributed by atoms with Crippen molar-refractivity contribution in [3.63, 3.8) is 0 Å². The van der Waals surface area contributed by atoms with Crippen LogP contribution in [0.3, 0.4) is 0 Å². The van der Waals surface area contributed by atoms with Crippen LogP contribution in [0.25, 0.3) is 0 Å². The number of aliphatic hydroxyl groups is 1. The molecular formula is C36H48BN4O5. The van der Waals surface area contributed by atoms with Crippen LogP contribution >= 0.6 is 0 Å². The number of carbonyl (C=O) groups excluding carboxylic acids is 3. The summed E-state index contributed by atoms with van der Waals surface area (Å²) in [5.74, 6) is -2.02. The smallest absolute Gasteiger partial charge is 0.321 e. The summed E-state index contributed by atoms with van der Waals surface area (Å²) in [4.78, 5) is 39.7. The summed E-state index contributed by atoms with van der Waals surface area (Å²) in [5.41, 5.74) is 8.60. The summed E-state index contributed by atoms with van der Waals surface area (Å²) in [6.07, 6.45) is 0.995. The van der Waals surface area contributed by atoms with Crippen LogP contribution in [0.15, 0.2) is 91.0 Å². The number of aliphatic hydroxyl groups excluding tert-OH is 1. The lowest BCUT2D eigenvalue weighted by Gasteiger charge is -2.28. The van der Waals surface area contributed by atoms with E-state index >= 15 is 0 Å². The predicted octanol–water partition coefficient (Wildman–Crippen LogP) is 3.48. The first-order valence-electron chi connectivity index (χ1n) is 16.0. The van der Waals surface area contributed by atoms with Crippen molar-refractivity contribution in [2.24, 2.45) is 17.6 Å². The Labute approximate surface area is 274 Å². The maximum absolute atomic E-state index is 13.9. The van der Waals surface area contributed by atoms with E-state index in [1.54, 1.807) is 19.4 Å². The molecule has 245 valence electrons. The summed E-state index contributed by atoms with van der Waals surface area (Å²) in [6, 6.07) is 27.1. The molecule has 1 radical (unpaired) electrons. The highest BCUT2D eigenvalue weighted by atomic mass is 16.6. The van der Waals surface area contributed by atoms with Gasteiger partial charge >= 0.3 is 7.48 Å². The van der Waals surface area contributed by atoms with Crippen LogP contribution in [0.2, 0.25) is 6.82 Å². The zero-order chi connectivity index (χ0) is 33.3. The van der Waals surface area contributed by atoms with Gasteiger partial charge < -0.3 is 26.2 Å². The zero-order valence-electron chi connectivity index (χ0n) is 27.2. The Bertz CT molecular complexity index is 1330. The van der Waals surface area contributed by atoms with Crippen molar-refractivity contribution in [2.75, 3.05) is 13.1 Å². The van der Waals surface area contributed by atoms with Crippen molar-refractivity contribution in [1.29, 1.82) is 0 Å². The van der Waals surface area contributed by atoms with Crippen molar-refractivity contribution in [3.05, 3.63) is 108 Å². The topological polar surface area (TPSA) is 134 Å². The Morgan fingerprint density at radius 1 is 0.783 bits per heavy atom. The molecule has 0 spiro atoms. The molecule has 0 saturated carbocycles. The first-order valence-corrected chi connectivity index (χ1v) is 16.0. The number of hydrogen-bond acceptors (Lipinski definition) is 6. The van der Waals surface area contributed by atoms with Crippen LogP contribution in [0.4, 0.5) is 0 Å². The van der Waals surface area contributed by atoms with E-state index in [2.05, 4.69) is 10.6 Å². The Morgan fingerprint density at radius 3 is 1.83 bits per heavy atom. The highest BCUT2D eigenvalue weighted by molar-refractivity contribution is 6.24. The number of hydrogen-bond donors (Lipinski definition) is 4. The lowest BCUT2D eigenvalue weighted by Crippen LogP contribution is -2.55. The van der Waals surface area contributed by atoms with Gasteiger partial charge in [-0.1, -0.05) is 112 Å². The van der Waals surface area contributed by atoms with Gasteiger partial charge in [-0.3, -0.25) is 14.4 Å². The van der Waals surface area contributed by atoms with Crippen molar-refractivity contribution in [3.8, 4) is 0 Å². The number of benzene rings is 3. The molecule has 3 aromatic carbocycles. The first kappa shape index (κ1) is 36.5. The van der Waals surface area contributed by atoms with Crippen molar-refractivity contribution >= 4 is 25.2 Å². The number of hydroxylamine groups is 2. The third-order valence-corrected chi connectivity index (χ3v) is 7.70. The number of nitrogens with one attached hydrogen (secondary N) is 2. The second-order valence-corrected chi connectivity index (χ2v) is 12.1. The molecule has 3 rings (SSSR count). The number of primary amides is 1. The van der Waals surface area contributed by atoms with Gasteiger partial charge in [0.2, 0.25) is 17.7 Å². The van der Waals surface area contributed by atoms with Crippen molar-refractivity contribution in [2.45, 2.75) is 71.0 Å². The molecular weight excluding hydrogens is 579 g/mol. The van der Waals surface area contributed by atoms with Gasteiger partial charge in [0.1, 0.15) is 12.1 Å². The number of carbonyl (C=O) groups is 3. The van der Waals surface area contributed by atoms with E-state index in [1.807, 2.05) is 105 Å². The molecule has 0 aliphatic rings. The molecule has 3 amide bonds. The lowest BCUT2D eigenvalue weighted by atomic mass is 9.91. The monoisotopic (exact) mass is 627 g/mol. The summed E-state index contributed by atoms with van der Waals surface area (Å²) < 4.78 is 5.69. The van der Waals surface area contributed by atoms with E-state index in [4.69, 9.17) is 10.5 Å². The Hall–Kier alpha value is -3.99. The highest BCUT2D eigenvalue weighted by Gasteiger charge is 2.30. The van der Waals surface area contributed by atoms with Gasteiger partial charge in [0.15, 0.2) is 0 Å². The van der Waals surface area contributed by atoms with E-state index in [9.17, 15) is 19.5 Å². The maximum atomic E-state index is 13.9. The zero-order valence-corrected chi connectivity index (χ0v) is 27.2. The van der Waals surface area contributed by atoms with Gasteiger partial charge in [-0.2, -0.15) is 0 Å². The van der Waals surface area contributed by atoms with E-state index in [0.29, 0.717) is 19.4 Å². The molecule has 3 aromatic rings. The maximum Gasteiger partial charge on any atom is 0.321 e. The van der Waals surface area contributed by atoms with Crippen molar-refractivity contribution in [1.82, 2.24) is 15.7 Å². The van der Waals surface area contributed by atoms with Crippen molar-refractivity contribution < 1.29 is 24.2 Å². The van der Waals surface area contributed by atoms with Gasteiger partial charge in [0.25, 0.3) is 0 Å². The summed E-state index contributed by atoms with van der Waals surface area (Å²) >= 11 is 0. The van der Waals surface area contributed by atoms with E-state index in [-0.39, 0.29) is 31.2 Å². The number of rotatable bonds is 20. The Kier molecular flexibility index (Phi) is 15.5. The highest BCUT2D eigenvalue weighted by Crippen LogP contribution is 2.18. The van der Waals surface area contributed by atoms with Gasteiger partial charge in [-0.05, 0) is 48.3 Å². The molecule has 0 unspecified atom stereocenters. The minimum atomic E-state index is -0.930. The molecule has 0 bridgehead atoms. The summed E-state index contributed by atoms with van der Waals surface area (Å²) in [7, 11) is 1.57. The molecule has 0 aromatic heterocycles. The minimum absolute atomic E-state index is 0.0796. The van der Waals surface area contributed by atoms with E-state index in [0.717, 1.165) is 23.1 Å². The van der Waals surface area contributed by atoms with Gasteiger partial charge in [-0.15, -0.1) is 0 Å².